The summed E-state index contributed by atoms with van der Waals surface area (Å²) in [6.45, 7) is -0.403. The summed E-state index contributed by atoms with van der Waals surface area (Å²) in [5.74, 6) is -1.84. The number of amides is 1. The summed E-state index contributed by atoms with van der Waals surface area (Å²) in [6, 6.07) is 17.9. The van der Waals surface area contributed by atoms with Gasteiger partial charge in [0.1, 0.15) is 18.1 Å². The Balaban J connectivity index is 1.71. The molecule has 1 atom stereocenters. The number of nitrogens with zero attached hydrogens (tertiary/aromatic N) is 2. The van der Waals surface area contributed by atoms with Gasteiger partial charge in [0.15, 0.2) is 0 Å². The third kappa shape index (κ3) is 4.93. The normalized spacial score (nSPS) is 16.8. The van der Waals surface area contributed by atoms with Gasteiger partial charge in [0.05, 0.1) is 23.1 Å². The molecule has 1 aliphatic heterocycles. The zero-order chi connectivity index (χ0) is 25.8. The first kappa shape index (κ1) is 24.9. The van der Waals surface area contributed by atoms with Gasteiger partial charge >= 0.3 is 0 Å². The van der Waals surface area contributed by atoms with Crippen molar-refractivity contribution in [2.24, 2.45) is 0 Å². The van der Waals surface area contributed by atoms with Crippen LogP contribution in [0.2, 0.25) is 5.02 Å². The Morgan fingerprint density at radius 2 is 1.78 bits per heavy atom. The molecule has 9 nitrogen and oxygen atoms in total. The molecule has 36 heavy (non-hydrogen) atoms. The molecule has 0 saturated carbocycles. The molecule has 0 radical (unpaired) electrons. The van der Waals surface area contributed by atoms with Gasteiger partial charge in [-0.05, 0) is 35.9 Å². The smallest absolute Gasteiger partial charge is 0.295 e. The van der Waals surface area contributed by atoms with E-state index in [4.69, 9.17) is 16.3 Å². The Morgan fingerprint density at radius 1 is 1.06 bits per heavy atom. The minimum atomic E-state index is -1.04. The van der Waals surface area contributed by atoms with Crippen molar-refractivity contribution in [3.63, 3.8) is 0 Å². The predicted molar refractivity (Wildman–Crippen MR) is 131 cm³/mol. The van der Waals surface area contributed by atoms with E-state index in [9.17, 15) is 29.9 Å². The molecule has 4 rings (SSSR count). The molecule has 1 saturated heterocycles. The number of carbonyl (C=O) groups excluding carboxylic acids is 2. The summed E-state index contributed by atoms with van der Waals surface area (Å²) in [5, 5.41) is 32.2. The van der Waals surface area contributed by atoms with E-state index in [2.05, 4.69) is 0 Å². The number of aliphatic hydroxyl groups is 2. The second kappa shape index (κ2) is 10.6. The van der Waals surface area contributed by atoms with Crippen molar-refractivity contribution in [1.29, 1.82) is 0 Å². The van der Waals surface area contributed by atoms with E-state index >= 15 is 0 Å². The number of β-amino-alcohol motifs (C(OH)–C–C–N with tert-alkyl or cyclic N) is 1. The Morgan fingerprint density at radius 3 is 2.44 bits per heavy atom. The minimum Gasteiger partial charge on any atom is -0.507 e. The molecule has 3 aromatic carbocycles. The van der Waals surface area contributed by atoms with Gasteiger partial charge < -0.3 is 19.8 Å². The molecular weight excluding hydrogens is 488 g/mol. The molecule has 1 heterocycles. The number of aliphatic hydroxyl groups excluding tert-OH is 2. The largest absolute Gasteiger partial charge is 0.507 e. The third-order valence-corrected chi connectivity index (χ3v) is 6.13. The van der Waals surface area contributed by atoms with Crippen molar-refractivity contribution in [2.45, 2.75) is 12.6 Å². The second-order valence-corrected chi connectivity index (χ2v) is 8.38. The molecule has 0 aromatic heterocycles. The molecule has 3 aromatic rings. The maximum absolute atomic E-state index is 13.0. The first-order chi connectivity index (χ1) is 17.3. The topological polar surface area (TPSA) is 130 Å². The number of halogens is 1. The fourth-order valence-electron chi connectivity index (χ4n) is 4.01. The van der Waals surface area contributed by atoms with Gasteiger partial charge in [-0.25, -0.2) is 0 Å². The Labute approximate surface area is 211 Å². The van der Waals surface area contributed by atoms with Gasteiger partial charge in [0, 0.05) is 34.8 Å². The van der Waals surface area contributed by atoms with Crippen LogP contribution in [-0.4, -0.2) is 44.9 Å². The number of benzene rings is 3. The third-order valence-electron chi connectivity index (χ3n) is 5.76. The van der Waals surface area contributed by atoms with E-state index in [1.54, 1.807) is 30.3 Å². The number of hydrogen-bond donors (Lipinski definition) is 2. The molecule has 1 amide bonds. The number of nitro benzene ring substituents is 1. The van der Waals surface area contributed by atoms with Crippen molar-refractivity contribution < 1.29 is 29.5 Å². The van der Waals surface area contributed by atoms with E-state index < -0.39 is 35.0 Å². The number of Topliss-reactive ketones (excluding diaryl/α,β-unsaturated/α-hetero) is 1. The van der Waals surface area contributed by atoms with Crippen molar-refractivity contribution in [1.82, 2.24) is 4.90 Å². The van der Waals surface area contributed by atoms with Crippen LogP contribution in [-0.2, 0) is 16.2 Å². The fourth-order valence-corrected chi connectivity index (χ4v) is 4.20. The zero-order valence-electron chi connectivity index (χ0n) is 18.8. The Kier molecular flexibility index (Phi) is 7.33. The summed E-state index contributed by atoms with van der Waals surface area (Å²) < 4.78 is 5.80. The van der Waals surface area contributed by atoms with Crippen LogP contribution in [0.5, 0.6) is 5.75 Å². The van der Waals surface area contributed by atoms with Gasteiger partial charge in [0.25, 0.3) is 17.4 Å². The lowest BCUT2D eigenvalue weighted by Gasteiger charge is -2.24. The molecule has 184 valence electrons. The Bertz CT molecular complexity index is 1350. The standard InChI is InChI=1S/C26H21ClN2O7/c27-21-7-2-1-4-18(21)15-36-20-6-3-5-17(14-20)24(31)22-23(28(12-13-30)26(33)25(22)32)16-8-10-19(11-9-16)29(34)35/h1-11,14,23,30-31H,12-13,15H2/b24-22+. The van der Waals surface area contributed by atoms with E-state index in [1.165, 1.54) is 30.3 Å². The maximum atomic E-state index is 13.0. The van der Waals surface area contributed by atoms with E-state index in [-0.39, 0.29) is 30.0 Å². The van der Waals surface area contributed by atoms with Crippen LogP contribution in [0.25, 0.3) is 5.76 Å². The van der Waals surface area contributed by atoms with Crippen molar-refractivity contribution >= 4 is 34.7 Å². The molecule has 0 spiro atoms. The summed E-state index contributed by atoms with van der Waals surface area (Å²) in [6.07, 6.45) is 0. The fraction of sp³-hybridized carbons (Fsp3) is 0.154. The Hall–Kier alpha value is -4.21. The van der Waals surface area contributed by atoms with Crippen molar-refractivity contribution in [3.05, 3.63) is 110 Å². The number of ketones is 1. The molecule has 0 bridgehead atoms. The van der Waals surface area contributed by atoms with Crippen LogP contribution in [0.15, 0.2) is 78.4 Å². The van der Waals surface area contributed by atoms with Gasteiger partial charge in [-0.1, -0.05) is 41.9 Å². The lowest BCUT2D eigenvalue weighted by Crippen LogP contribution is -2.32. The van der Waals surface area contributed by atoms with Crippen LogP contribution in [0.1, 0.15) is 22.7 Å². The first-order valence-corrected chi connectivity index (χ1v) is 11.3. The highest BCUT2D eigenvalue weighted by molar-refractivity contribution is 6.46. The molecule has 1 fully saturated rings. The molecule has 1 unspecified atom stereocenters. The summed E-state index contributed by atoms with van der Waals surface area (Å²) in [4.78, 5) is 37.3. The van der Waals surface area contributed by atoms with Crippen LogP contribution in [0.4, 0.5) is 5.69 Å². The number of nitro groups is 1. The summed E-state index contributed by atoms with van der Waals surface area (Å²) in [5.41, 5.74) is 1.02. The predicted octanol–water partition coefficient (Wildman–Crippen LogP) is 4.24. The zero-order valence-corrected chi connectivity index (χ0v) is 19.6. The number of hydrogen-bond acceptors (Lipinski definition) is 7. The van der Waals surface area contributed by atoms with E-state index in [0.717, 1.165) is 10.5 Å². The first-order valence-electron chi connectivity index (χ1n) is 10.9. The quantitative estimate of drug-likeness (QED) is 0.153. The van der Waals surface area contributed by atoms with E-state index in [0.29, 0.717) is 16.3 Å². The molecule has 10 heteroatoms. The average molecular weight is 509 g/mol. The highest BCUT2D eigenvalue weighted by atomic mass is 35.5. The average Bonchev–Trinajstić information content (AvgIpc) is 3.13. The molecule has 0 aliphatic carbocycles. The lowest BCUT2D eigenvalue weighted by molar-refractivity contribution is -0.384. The van der Waals surface area contributed by atoms with Crippen LogP contribution >= 0.6 is 11.6 Å². The van der Waals surface area contributed by atoms with Crippen LogP contribution < -0.4 is 4.74 Å². The van der Waals surface area contributed by atoms with Crippen molar-refractivity contribution in [3.8, 4) is 5.75 Å². The SMILES string of the molecule is O=C1C(=O)N(CCO)C(c2ccc([N+](=O)[O-])cc2)/C1=C(\O)c1cccc(OCc2ccccc2Cl)c1. The van der Waals surface area contributed by atoms with Crippen LogP contribution in [0.3, 0.4) is 0 Å². The van der Waals surface area contributed by atoms with Gasteiger partial charge in [-0.2, -0.15) is 0 Å². The van der Waals surface area contributed by atoms with Gasteiger partial charge in [-0.3, -0.25) is 19.7 Å². The number of ether oxygens (including phenoxy) is 1. The highest BCUT2D eigenvalue weighted by Gasteiger charge is 2.45. The molecule has 2 N–H and O–H groups in total. The number of carbonyl (C=O) groups is 2. The molecular formula is C26H21ClN2O7. The minimum absolute atomic E-state index is 0.163. The van der Waals surface area contributed by atoms with Gasteiger partial charge in [0.2, 0.25) is 0 Å². The monoisotopic (exact) mass is 508 g/mol. The number of likely N-dealkylation sites (tertiary alicyclic amines) is 1. The van der Waals surface area contributed by atoms with Crippen molar-refractivity contribution in [2.75, 3.05) is 13.2 Å². The molecule has 1 aliphatic rings. The second-order valence-electron chi connectivity index (χ2n) is 7.97. The number of non-ortho nitro benzene ring substituents is 1. The van der Waals surface area contributed by atoms with E-state index in [1.807, 2.05) is 12.1 Å². The van der Waals surface area contributed by atoms with Crippen LogP contribution in [0, 0.1) is 10.1 Å². The maximum Gasteiger partial charge on any atom is 0.295 e. The number of rotatable bonds is 8. The summed E-state index contributed by atoms with van der Waals surface area (Å²) >= 11 is 6.17. The summed E-state index contributed by atoms with van der Waals surface area (Å²) in [7, 11) is 0. The highest BCUT2D eigenvalue weighted by Crippen LogP contribution is 2.40. The van der Waals surface area contributed by atoms with Gasteiger partial charge in [-0.15, -0.1) is 0 Å². The lowest BCUT2D eigenvalue weighted by atomic mass is 9.95.